The summed E-state index contributed by atoms with van der Waals surface area (Å²) in [7, 11) is 3.32. The number of hydrogen-bond acceptors (Lipinski definition) is 3. The fourth-order valence-corrected chi connectivity index (χ4v) is 2.79. The first kappa shape index (κ1) is 17.4. The molecule has 0 bridgehead atoms. The molecular formula is C20H26O3. The first-order valence-electron chi connectivity index (χ1n) is 8.17. The van der Waals surface area contributed by atoms with E-state index in [1.807, 2.05) is 12.1 Å². The molecule has 0 radical (unpaired) electrons. The molecule has 0 aromatic heterocycles. The maximum Gasteiger partial charge on any atom is 0.160 e. The Morgan fingerprint density at radius 1 is 0.783 bits per heavy atom. The number of unbranched alkanes of at least 4 members (excludes halogenated alkanes) is 1. The van der Waals surface area contributed by atoms with E-state index in [1.54, 1.807) is 14.2 Å². The Morgan fingerprint density at radius 3 is 2.13 bits per heavy atom. The molecule has 0 atom stereocenters. The molecule has 2 aromatic rings. The van der Waals surface area contributed by atoms with Crippen LogP contribution >= 0.6 is 0 Å². The van der Waals surface area contributed by atoms with Crippen LogP contribution in [0.4, 0.5) is 0 Å². The molecule has 0 aliphatic rings. The molecule has 23 heavy (non-hydrogen) atoms. The normalized spacial score (nSPS) is 10.6. The number of ether oxygens (including phenoxy) is 2. The standard InChI is InChI=1S/C20H26O3/c1-22-19-13-11-16(15-20(19)23-2)10-12-18-8-4-3-7-17(18)9-5-6-14-21/h3-4,7-8,11,13,15,21H,5-6,9-10,12,14H2,1-2H3. The van der Waals surface area contributed by atoms with Gasteiger partial charge in [-0.25, -0.2) is 0 Å². The molecule has 0 saturated carbocycles. The van der Waals surface area contributed by atoms with Gasteiger partial charge in [-0.2, -0.15) is 0 Å². The van der Waals surface area contributed by atoms with Gasteiger partial charge in [0.1, 0.15) is 0 Å². The van der Waals surface area contributed by atoms with E-state index in [4.69, 9.17) is 14.6 Å². The molecule has 0 spiro atoms. The van der Waals surface area contributed by atoms with Crippen molar-refractivity contribution in [1.29, 1.82) is 0 Å². The van der Waals surface area contributed by atoms with E-state index in [0.29, 0.717) is 0 Å². The highest BCUT2D eigenvalue weighted by Crippen LogP contribution is 2.28. The van der Waals surface area contributed by atoms with Crippen molar-refractivity contribution in [2.45, 2.75) is 32.1 Å². The van der Waals surface area contributed by atoms with Crippen molar-refractivity contribution in [3.05, 3.63) is 59.2 Å². The van der Waals surface area contributed by atoms with E-state index < -0.39 is 0 Å². The lowest BCUT2D eigenvalue weighted by molar-refractivity contribution is 0.284. The largest absolute Gasteiger partial charge is 0.493 e. The van der Waals surface area contributed by atoms with Gasteiger partial charge in [-0.3, -0.25) is 0 Å². The maximum absolute atomic E-state index is 8.94. The zero-order valence-electron chi connectivity index (χ0n) is 14.0. The third-order valence-electron chi connectivity index (χ3n) is 4.10. The molecule has 0 amide bonds. The van der Waals surface area contributed by atoms with Crippen LogP contribution in [-0.2, 0) is 19.3 Å². The minimum absolute atomic E-state index is 0.272. The lowest BCUT2D eigenvalue weighted by atomic mass is 9.96. The summed E-state index contributed by atoms with van der Waals surface area (Å²) < 4.78 is 10.7. The molecule has 0 aliphatic heterocycles. The maximum atomic E-state index is 8.94. The number of aryl methyl sites for hydroxylation is 3. The summed E-state index contributed by atoms with van der Waals surface area (Å²) in [6, 6.07) is 14.7. The second-order valence-electron chi connectivity index (χ2n) is 5.64. The average Bonchev–Trinajstić information content (AvgIpc) is 2.60. The molecule has 1 N–H and O–H groups in total. The minimum Gasteiger partial charge on any atom is -0.493 e. The first-order valence-corrected chi connectivity index (χ1v) is 8.17. The van der Waals surface area contributed by atoms with Crippen LogP contribution in [0, 0.1) is 0 Å². The molecule has 0 unspecified atom stereocenters. The van der Waals surface area contributed by atoms with Crippen LogP contribution < -0.4 is 9.47 Å². The van der Waals surface area contributed by atoms with Crippen molar-refractivity contribution in [2.24, 2.45) is 0 Å². The van der Waals surface area contributed by atoms with Gasteiger partial charge in [0.25, 0.3) is 0 Å². The van der Waals surface area contributed by atoms with Gasteiger partial charge in [0, 0.05) is 6.61 Å². The lowest BCUT2D eigenvalue weighted by Crippen LogP contribution is -1.99. The Kier molecular flexibility index (Phi) is 6.95. The zero-order chi connectivity index (χ0) is 16.5. The molecule has 0 fully saturated rings. The number of aliphatic hydroxyl groups excluding tert-OH is 1. The lowest BCUT2D eigenvalue weighted by Gasteiger charge is -2.11. The SMILES string of the molecule is COc1ccc(CCc2ccccc2CCCCO)cc1OC. The van der Waals surface area contributed by atoms with Crippen LogP contribution in [0.5, 0.6) is 11.5 Å². The highest BCUT2D eigenvalue weighted by Gasteiger charge is 2.06. The molecule has 0 heterocycles. The zero-order valence-corrected chi connectivity index (χ0v) is 14.0. The molecule has 3 nitrogen and oxygen atoms in total. The fourth-order valence-electron chi connectivity index (χ4n) is 2.79. The molecular weight excluding hydrogens is 288 g/mol. The van der Waals surface area contributed by atoms with Crippen LogP contribution in [0.1, 0.15) is 29.5 Å². The fraction of sp³-hybridized carbons (Fsp3) is 0.400. The summed E-state index contributed by atoms with van der Waals surface area (Å²) >= 11 is 0. The van der Waals surface area contributed by atoms with Crippen molar-refractivity contribution in [3.63, 3.8) is 0 Å². The highest BCUT2D eigenvalue weighted by molar-refractivity contribution is 5.43. The summed E-state index contributed by atoms with van der Waals surface area (Å²) in [6.07, 6.45) is 4.90. The predicted octanol–water partition coefficient (Wildman–Crippen LogP) is 3.80. The van der Waals surface area contributed by atoms with E-state index in [1.165, 1.54) is 16.7 Å². The molecule has 2 aromatic carbocycles. The van der Waals surface area contributed by atoms with Gasteiger partial charge in [0.2, 0.25) is 0 Å². The Bertz CT molecular complexity index is 608. The van der Waals surface area contributed by atoms with Gasteiger partial charge in [0.15, 0.2) is 11.5 Å². The topological polar surface area (TPSA) is 38.7 Å². The summed E-state index contributed by atoms with van der Waals surface area (Å²) in [6.45, 7) is 0.272. The number of methoxy groups -OCH3 is 2. The molecule has 0 saturated heterocycles. The summed E-state index contributed by atoms with van der Waals surface area (Å²) in [5.41, 5.74) is 4.02. The van der Waals surface area contributed by atoms with E-state index in [2.05, 4.69) is 30.3 Å². The number of aliphatic hydroxyl groups is 1. The first-order chi connectivity index (χ1) is 11.3. The van der Waals surface area contributed by atoms with Gasteiger partial charge in [-0.05, 0) is 60.9 Å². The van der Waals surface area contributed by atoms with Gasteiger partial charge < -0.3 is 14.6 Å². The third-order valence-corrected chi connectivity index (χ3v) is 4.10. The second-order valence-corrected chi connectivity index (χ2v) is 5.64. The second kappa shape index (κ2) is 9.21. The Labute approximate surface area is 138 Å². The van der Waals surface area contributed by atoms with E-state index >= 15 is 0 Å². The van der Waals surface area contributed by atoms with Crippen molar-refractivity contribution < 1.29 is 14.6 Å². The summed E-state index contributed by atoms with van der Waals surface area (Å²) in [4.78, 5) is 0. The Morgan fingerprint density at radius 2 is 1.48 bits per heavy atom. The van der Waals surface area contributed by atoms with E-state index in [9.17, 15) is 0 Å². The number of hydrogen-bond donors (Lipinski definition) is 1. The van der Waals surface area contributed by atoms with Crippen molar-refractivity contribution >= 4 is 0 Å². The van der Waals surface area contributed by atoms with Gasteiger partial charge in [-0.15, -0.1) is 0 Å². The minimum atomic E-state index is 0.272. The van der Waals surface area contributed by atoms with Crippen molar-refractivity contribution in [3.8, 4) is 11.5 Å². The monoisotopic (exact) mass is 314 g/mol. The number of rotatable bonds is 9. The average molecular weight is 314 g/mol. The van der Waals surface area contributed by atoms with Crippen molar-refractivity contribution in [2.75, 3.05) is 20.8 Å². The molecule has 0 aliphatic carbocycles. The van der Waals surface area contributed by atoms with Crippen LogP contribution in [0.3, 0.4) is 0 Å². The third kappa shape index (κ3) is 5.00. The Hall–Kier alpha value is -2.00. The van der Waals surface area contributed by atoms with Crippen LogP contribution in [0.25, 0.3) is 0 Å². The summed E-state index contributed by atoms with van der Waals surface area (Å²) in [5, 5.41) is 8.94. The smallest absolute Gasteiger partial charge is 0.160 e. The van der Waals surface area contributed by atoms with E-state index in [-0.39, 0.29) is 6.61 Å². The quantitative estimate of drug-likeness (QED) is 0.715. The molecule has 124 valence electrons. The van der Waals surface area contributed by atoms with E-state index in [0.717, 1.165) is 43.6 Å². The van der Waals surface area contributed by atoms with Crippen LogP contribution in [-0.4, -0.2) is 25.9 Å². The highest BCUT2D eigenvalue weighted by atomic mass is 16.5. The van der Waals surface area contributed by atoms with Crippen molar-refractivity contribution in [1.82, 2.24) is 0 Å². The Balaban J connectivity index is 2.03. The van der Waals surface area contributed by atoms with Gasteiger partial charge in [0.05, 0.1) is 14.2 Å². The molecule has 3 heteroatoms. The van der Waals surface area contributed by atoms with Gasteiger partial charge >= 0.3 is 0 Å². The number of benzene rings is 2. The summed E-state index contributed by atoms with van der Waals surface area (Å²) in [5.74, 6) is 1.54. The predicted molar refractivity (Wildman–Crippen MR) is 93.4 cm³/mol. The molecule has 2 rings (SSSR count). The van der Waals surface area contributed by atoms with Crippen LogP contribution in [0.15, 0.2) is 42.5 Å². The van der Waals surface area contributed by atoms with Gasteiger partial charge in [-0.1, -0.05) is 30.3 Å². The van der Waals surface area contributed by atoms with Crippen LogP contribution in [0.2, 0.25) is 0 Å².